The van der Waals surface area contributed by atoms with Crippen LogP contribution < -0.4 is 4.74 Å². The summed E-state index contributed by atoms with van der Waals surface area (Å²) in [6.45, 7) is 6.36. The second kappa shape index (κ2) is 9.33. The average molecular weight is 329 g/mol. The number of halogens is 1. The predicted molar refractivity (Wildman–Crippen MR) is 87.7 cm³/mol. The van der Waals surface area contributed by atoms with Crippen LogP contribution in [0.2, 0.25) is 5.02 Å². The number of ether oxygens (including phenoxy) is 2. The van der Waals surface area contributed by atoms with E-state index in [1.807, 2.05) is 19.2 Å². The summed E-state index contributed by atoms with van der Waals surface area (Å²) in [6.07, 6.45) is -0.536. The number of aliphatic hydroxyl groups excluding tert-OH is 1. The van der Waals surface area contributed by atoms with Crippen LogP contribution in [-0.4, -0.2) is 80.6 Å². The molecule has 1 fully saturated rings. The summed E-state index contributed by atoms with van der Waals surface area (Å²) in [7, 11) is 2.01. The number of morpholine rings is 1. The number of nitrogens with zero attached hydrogens (tertiary/aromatic N) is 2. The molecule has 0 aliphatic carbocycles. The Morgan fingerprint density at radius 2 is 2.09 bits per heavy atom. The summed E-state index contributed by atoms with van der Waals surface area (Å²) in [5.41, 5.74) is 0. The van der Waals surface area contributed by atoms with Crippen molar-refractivity contribution in [3.05, 3.63) is 29.3 Å². The van der Waals surface area contributed by atoms with Crippen LogP contribution in [0.1, 0.15) is 0 Å². The minimum atomic E-state index is -0.536. The Kier molecular flexibility index (Phi) is 7.42. The number of hydrogen-bond acceptors (Lipinski definition) is 5. The van der Waals surface area contributed by atoms with Gasteiger partial charge in [0, 0.05) is 32.7 Å². The number of para-hydroxylation sites is 1. The molecule has 0 saturated carbocycles. The molecule has 1 saturated heterocycles. The van der Waals surface area contributed by atoms with Crippen molar-refractivity contribution < 1.29 is 14.6 Å². The highest BCUT2D eigenvalue weighted by molar-refractivity contribution is 6.32. The van der Waals surface area contributed by atoms with Crippen LogP contribution >= 0.6 is 11.6 Å². The maximum Gasteiger partial charge on any atom is 0.138 e. The second-order valence-corrected chi connectivity index (χ2v) is 6.02. The third kappa shape index (κ3) is 6.10. The molecule has 1 N–H and O–H groups in total. The van der Waals surface area contributed by atoms with Crippen molar-refractivity contribution in [1.29, 1.82) is 0 Å². The van der Waals surface area contributed by atoms with Gasteiger partial charge in [0.15, 0.2) is 0 Å². The van der Waals surface area contributed by atoms with Gasteiger partial charge in [-0.05, 0) is 19.2 Å². The maximum absolute atomic E-state index is 10.1. The molecule has 1 aliphatic rings. The third-order valence-electron chi connectivity index (χ3n) is 3.69. The van der Waals surface area contributed by atoms with Gasteiger partial charge in [-0.2, -0.15) is 0 Å². The van der Waals surface area contributed by atoms with Crippen LogP contribution in [-0.2, 0) is 4.74 Å². The number of benzene rings is 1. The number of rotatable bonds is 8. The summed E-state index contributed by atoms with van der Waals surface area (Å²) in [5, 5.41) is 10.6. The van der Waals surface area contributed by atoms with E-state index in [0.29, 0.717) is 17.3 Å². The van der Waals surface area contributed by atoms with Crippen LogP contribution in [0.15, 0.2) is 24.3 Å². The highest BCUT2D eigenvalue weighted by atomic mass is 35.5. The summed E-state index contributed by atoms with van der Waals surface area (Å²) < 4.78 is 10.9. The monoisotopic (exact) mass is 328 g/mol. The van der Waals surface area contributed by atoms with E-state index in [-0.39, 0.29) is 6.61 Å². The molecule has 0 amide bonds. The lowest BCUT2D eigenvalue weighted by Gasteiger charge is -2.29. The van der Waals surface area contributed by atoms with E-state index >= 15 is 0 Å². The molecule has 0 spiro atoms. The maximum atomic E-state index is 10.1. The van der Waals surface area contributed by atoms with Gasteiger partial charge in [-0.3, -0.25) is 4.90 Å². The Bertz CT molecular complexity index is 441. The first-order valence-corrected chi connectivity index (χ1v) is 8.07. The van der Waals surface area contributed by atoms with Gasteiger partial charge in [0.2, 0.25) is 0 Å². The van der Waals surface area contributed by atoms with Crippen molar-refractivity contribution in [1.82, 2.24) is 9.80 Å². The fraction of sp³-hybridized carbons (Fsp3) is 0.625. The fourth-order valence-corrected chi connectivity index (χ4v) is 2.58. The van der Waals surface area contributed by atoms with Gasteiger partial charge >= 0.3 is 0 Å². The highest BCUT2D eigenvalue weighted by Gasteiger charge is 2.13. The first-order valence-electron chi connectivity index (χ1n) is 7.69. The van der Waals surface area contributed by atoms with Crippen molar-refractivity contribution in [3.63, 3.8) is 0 Å². The van der Waals surface area contributed by atoms with E-state index < -0.39 is 6.10 Å². The zero-order valence-electron chi connectivity index (χ0n) is 13.1. The van der Waals surface area contributed by atoms with Gasteiger partial charge < -0.3 is 19.5 Å². The Morgan fingerprint density at radius 3 is 2.82 bits per heavy atom. The number of hydrogen-bond donors (Lipinski definition) is 1. The zero-order chi connectivity index (χ0) is 15.8. The summed E-state index contributed by atoms with van der Waals surface area (Å²) in [4.78, 5) is 4.50. The van der Waals surface area contributed by atoms with Crippen LogP contribution in [0.4, 0.5) is 0 Å². The first-order chi connectivity index (χ1) is 10.6. The molecule has 1 atom stereocenters. The lowest BCUT2D eigenvalue weighted by Crippen LogP contribution is -2.42. The molecule has 5 nitrogen and oxygen atoms in total. The topological polar surface area (TPSA) is 45.2 Å². The number of likely N-dealkylation sites (N-methyl/N-ethyl adjacent to an activating group) is 1. The Morgan fingerprint density at radius 1 is 1.36 bits per heavy atom. The van der Waals surface area contributed by atoms with Crippen molar-refractivity contribution in [3.8, 4) is 5.75 Å². The summed E-state index contributed by atoms with van der Waals surface area (Å²) in [6, 6.07) is 7.29. The molecule has 124 valence electrons. The molecule has 0 bridgehead atoms. The van der Waals surface area contributed by atoms with Gasteiger partial charge in [-0.1, -0.05) is 23.7 Å². The van der Waals surface area contributed by atoms with E-state index in [4.69, 9.17) is 21.1 Å². The van der Waals surface area contributed by atoms with Gasteiger partial charge in [0.25, 0.3) is 0 Å². The van der Waals surface area contributed by atoms with Crippen molar-refractivity contribution in [2.75, 3.05) is 59.6 Å². The van der Waals surface area contributed by atoms with Gasteiger partial charge in [0.05, 0.1) is 18.2 Å². The molecule has 1 aromatic rings. The van der Waals surface area contributed by atoms with Gasteiger partial charge in [0.1, 0.15) is 18.5 Å². The lowest BCUT2D eigenvalue weighted by atomic mass is 10.3. The summed E-state index contributed by atoms with van der Waals surface area (Å²) >= 11 is 6.02. The van der Waals surface area contributed by atoms with Crippen LogP contribution in [0.5, 0.6) is 5.75 Å². The molecule has 0 radical (unpaired) electrons. The SMILES string of the molecule is CN(CCN1CCOCC1)CC(O)COc1ccccc1Cl. The van der Waals surface area contributed by atoms with Gasteiger partial charge in [-0.15, -0.1) is 0 Å². The molecule has 1 unspecified atom stereocenters. The van der Waals surface area contributed by atoms with E-state index in [0.717, 1.165) is 39.4 Å². The molecule has 1 heterocycles. The third-order valence-corrected chi connectivity index (χ3v) is 4.00. The first kappa shape index (κ1) is 17.5. The zero-order valence-corrected chi connectivity index (χ0v) is 13.8. The van der Waals surface area contributed by atoms with E-state index in [2.05, 4.69) is 9.80 Å². The van der Waals surface area contributed by atoms with Crippen molar-refractivity contribution in [2.45, 2.75) is 6.10 Å². The molecule has 2 rings (SSSR count). The van der Waals surface area contributed by atoms with Gasteiger partial charge in [-0.25, -0.2) is 0 Å². The van der Waals surface area contributed by atoms with Crippen LogP contribution in [0.3, 0.4) is 0 Å². The highest BCUT2D eigenvalue weighted by Crippen LogP contribution is 2.23. The fourth-order valence-electron chi connectivity index (χ4n) is 2.39. The van der Waals surface area contributed by atoms with Crippen molar-refractivity contribution in [2.24, 2.45) is 0 Å². The van der Waals surface area contributed by atoms with Crippen LogP contribution in [0.25, 0.3) is 0 Å². The molecular weight excluding hydrogens is 304 g/mol. The molecule has 6 heteroatoms. The standard InChI is InChI=1S/C16H25ClN2O3/c1-18(6-7-19-8-10-21-11-9-19)12-14(20)13-22-16-5-3-2-4-15(16)17/h2-5,14,20H,6-13H2,1H3. The van der Waals surface area contributed by atoms with E-state index in [1.165, 1.54) is 0 Å². The molecule has 22 heavy (non-hydrogen) atoms. The lowest BCUT2D eigenvalue weighted by molar-refractivity contribution is 0.0297. The smallest absolute Gasteiger partial charge is 0.138 e. The van der Waals surface area contributed by atoms with E-state index in [1.54, 1.807) is 12.1 Å². The number of aliphatic hydroxyl groups is 1. The quantitative estimate of drug-likeness (QED) is 0.780. The predicted octanol–water partition coefficient (Wildman–Crippen LogP) is 1.34. The molecule has 0 aromatic heterocycles. The van der Waals surface area contributed by atoms with Crippen LogP contribution in [0, 0.1) is 0 Å². The Hall–Kier alpha value is -0.850. The molecule has 1 aliphatic heterocycles. The molecule has 1 aromatic carbocycles. The summed E-state index contributed by atoms with van der Waals surface area (Å²) in [5.74, 6) is 0.610. The van der Waals surface area contributed by atoms with E-state index in [9.17, 15) is 5.11 Å². The second-order valence-electron chi connectivity index (χ2n) is 5.61. The molecular formula is C16H25ClN2O3. The normalized spacial score (nSPS) is 17.6. The average Bonchev–Trinajstić information content (AvgIpc) is 2.53. The van der Waals surface area contributed by atoms with Crippen molar-refractivity contribution >= 4 is 11.6 Å². The minimum Gasteiger partial charge on any atom is -0.489 e. The Labute approximate surface area is 137 Å². The largest absolute Gasteiger partial charge is 0.489 e. The minimum absolute atomic E-state index is 0.242. The Balaban J connectivity index is 1.63.